The number of aryl methyl sites for hydroxylation is 1. The number of hydrogen-bond acceptors (Lipinski definition) is 4. The molecule has 0 radical (unpaired) electrons. The molecule has 1 saturated heterocycles. The fraction of sp³-hybridized carbons (Fsp3) is 0.333. The lowest BCUT2D eigenvalue weighted by molar-refractivity contribution is -0.119. The van der Waals surface area contributed by atoms with Gasteiger partial charge < -0.3 is 19.7 Å². The summed E-state index contributed by atoms with van der Waals surface area (Å²) in [5.41, 5.74) is 2.41. The van der Waals surface area contributed by atoms with Crippen molar-refractivity contribution in [3.05, 3.63) is 48.0 Å². The Morgan fingerprint density at radius 2 is 1.93 bits per heavy atom. The van der Waals surface area contributed by atoms with Gasteiger partial charge in [0.25, 0.3) is 5.91 Å². The summed E-state index contributed by atoms with van der Waals surface area (Å²) >= 11 is 0. The predicted octanol–water partition coefficient (Wildman–Crippen LogP) is 3.54. The molecule has 1 N–H and O–H groups in total. The summed E-state index contributed by atoms with van der Waals surface area (Å²) < 4.78 is 10.9. The summed E-state index contributed by atoms with van der Waals surface area (Å²) in [6.07, 6.45) is 2.39. The van der Waals surface area contributed by atoms with E-state index in [2.05, 4.69) is 5.32 Å². The third-order valence-corrected chi connectivity index (χ3v) is 4.47. The van der Waals surface area contributed by atoms with Crippen LogP contribution < -0.4 is 19.7 Å². The quantitative estimate of drug-likeness (QED) is 0.847. The van der Waals surface area contributed by atoms with Crippen LogP contribution in [0.15, 0.2) is 42.5 Å². The molecule has 1 heterocycles. The normalized spacial score (nSPS) is 14.0. The number of nitrogens with zero attached hydrogens (tertiary/aromatic N) is 1. The van der Waals surface area contributed by atoms with Crippen molar-refractivity contribution in [3.63, 3.8) is 0 Å². The Morgan fingerprint density at radius 3 is 2.63 bits per heavy atom. The molecule has 1 fully saturated rings. The van der Waals surface area contributed by atoms with E-state index in [4.69, 9.17) is 9.47 Å². The summed E-state index contributed by atoms with van der Waals surface area (Å²) in [4.78, 5) is 26.2. The molecule has 6 nitrogen and oxygen atoms in total. The number of piperidine rings is 1. The zero-order chi connectivity index (χ0) is 19.2. The monoisotopic (exact) mass is 368 g/mol. The molecule has 2 aromatic rings. The van der Waals surface area contributed by atoms with E-state index in [0.717, 1.165) is 18.4 Å². The van der Waals surface area contributed by atoms with E-state index in [1.54, 1.807) is 30.2 Å². The second kappa shape index (κ2) is 8.58. The lowest BCUT2D eigenvalue weighted by atomic mass is 10.1. The zero-order valence-corrected chi connectivity index (χ0v) is 15.7. The van der Waals surface area contributed by atoms with Crippen LogP contribution in [0, 0.1) is 6.92 Å². The van der Waals surface area contributed by atoms with Crippen LogP contribution in [0.5, 0.6) is 11.5 Å². The molecule has 0 spiro atoms. The van der Waals surface area contributed by atoms with Crippen LogP contribution in [0.1, 0.15) is 24.8 Å². The number of amides is 2. The van der Waals surface area contributed by atoms with Crippen LogP contribution in [0.3, 0.4) is 0 Å². The molecule has 27 heavy (non-hydrogen) atoms. The summed E-state index contributed by atoms with van der Waals surface area (Å²) in [5, 5.41) is 2.81. The molecule has 1 aliphatic heterocycles. The first-order valence-electron chi connectivity index (χ1n) is 9.04. The first-order chi connectivity index (χ1) is 13.1. The third kappa shape index (κ3) is 4.78. The standard InChI is InChI=1S/C21H24N2O4/c1-15-6-9-17(10-7-15)27-14-20(24)22-16-8-11-19(26-2)18(13-16)23-12-4-3-5-21(23)25/h6-11,13H,3-5,12,14H2,1-2H3,(H,22,24). The van der Waals surface area contributed by atoms with Gasteiger partial charge in [-0.3, -0.25) is 9.59 Å². The largest absolute Gasteiger partial charge is 0.495 e. The number of benzene rings is 2. The molecule has 2 amide bonds. The lowest BCUT2D eigenvalue weighted by Crippen LogP contribution is -2.35. The molecule has 142 valence electrons. The molecule has 0 aliphatic carbocycles. The molecule has 1 aliphatic rings. The van der Waals surface area contributed by atoms with Gasteiger partial charge in [0, 0.05) is 18.7 Å². The molecule has 0 bridgehead atoms. The van der Waals surface area contributed by atoms with Gasteiger partial charge in [-0.25, -0.2) is 0 Å². The summed E-state index contributed by atoms with van der Waals surface area (Å²) in [7, 11) is 1.57. The predicted molar refractivity (Wildman–Crippen MR) is 105 cm³/mol. The van der Waals surface area contributed by atoms with Crippen LogP contribution >= 0.6 is 0 Å². The minimum absolute atomic E-state index is 0.0748. The van der Waals surface area contributed by atoms with Gasteiger partial charge >= 0.3 is 0 Å². The summed E-state index contributed by atoms with van der Waals surface area (Å²) in [6.45, 7) is 2.56. The number of anilines is 2. The fourth-order valence-corrected chi connectivity index (χ4v) is 3.02. The van der Waals surface area contributed by atoms with Gasteiger partial charge in [0.05, 0.1) is 12.8 Å². The van der Waals surface area contributed by atoms with Crippen molar-refractivity contribution < 1.29 is 19.1 Å². The number of hydrogen-bond donors (Lipinski definition) is 1. The molecular weight excluding hydrogens is 344 g/mol. The average molecular weight is 368 g/mol. The smallest absolute Gasteiger partial charge is 0.262 e. The van der Waals surface area contributed by atoms with Gasteiger partial charge in [-0.15, -0.1) is 0 Å². The molecule has 6 heteroatoms. The summed E-state index contributed by atoms with van der Waals surface area (Å²) in [6, 6.07) is 12.8. The molecule has 0 atom stereocenters. The van der Waals surface area contributed by atoms with Crippen molar-refractivity contribution in [2.24, 2.45) is 0 Å². The van der Waals surface area contributed by atoms with Crippen LogP contribution in [0.4, 0.5) is 11.4 Å². The highest BCUT2D eigenvalue weighted by atomic mass is 16.5. The summed E-state index contributed by atoms with van der Waals surface area (Å²) in [5.74, 6) is 1.06. The zero-order valence-electron chi connectivity index (χ0n) is 15.7. The van der Waals surface area contributed by atoms with E-state index in [1.165, 1.54) is 0 Å². The molecular formula is C21H24N2O4. The van der Waals surface area contributed by atoms with E-state index < -0.39 is 0 Å². The van der Waals surface area contributed by atoms with Crippen molar-refractivity contribution in [1.82, 2.24) is 0 Å². The Hall–Kier alpha value is -3.02. The van der Waals surface area contributed by atoms with E-state index in [1.807, 2.05) is 31.2 Å². The van der Waals surface area contributed by atoms with Gasteiger partial charge in [-0.05, 0) is 50.1 Å². The van der Waals surface area contributed by atoms with Gasteiger partial charge in [0.15, 0.2) is 6.61 Å². The maximum atomic E-state index is 12.2. The van der Waals surface area contributed by atoms with Gasteiger partial charge in [0.2, 0.25) is 5.91 Å². The molecule has 0 saturated carbocycles. The molecule has 0 unspecified atom stereocenters. The van der Waals surface area contributed by atoms with Crippen LogP contribution in [-0.2, 0) is 9.59 Å². The molecule has 2 aromatic carbocycles. The fourth-order valence-electron chi connectivity index (χ4n) is 3.02. The van der Waals surface area contributed by atoms with E-state index in [-0.39, 0.29) is 18.4 Å². The topological polar surface area (TPSA) is 67.9 Å². The van der Waals surface area contributed by atoms with Gasteiger partial charge in [0.1, 0.15) is 11.5 Å². The Morgan fingerprint density at radius 1 is 1.15 bits per heavy atom. The number of carbonyl (C=O) groups is 2. The number of methoxy groups -OCH3 is 1. The number of carbonyl (C=O) groups excluding carboxylic acids is 2. The first kappa shape index (κ1) is 18.8. The van der Waals surface area contributed by atoms with Gasteiger partial charge in [-0.2, -0.15) is 0 Å². The highest BCUT2D eigenvalue weighted by molar-refractivity contribution is 5.97. The van der Waals surface area contributed by atoms with Crippen LogP contribution in [0.25, 0.3) is 0 Å². The van der Waals surface area contributed by atoms with E-state index in [9.17, 15) is 9.59 Å². The van der Waals surface area contributed by atoms with Crippen molar-refractivity contribution in [1.29, 1.82) is 0 Å². The second-order valence-corrected chi connectivity index (χ2v) is 6.54. The Balaban J connectivity index is 1.67. The maximum absolute atomic E-state index is 12.2. The van der Waals surface area contributed by atoms with E-state index >= 15 is 0 Å². The Labute approximate surface area is 159 Å². The third-order valence-electron chi connectivity index (χ3n) is 4.47. The van der Waals surface area contributed by atoms with Crippen LogP contribution in [-0.4, -0.2) is 32.1 Å². The molecule has 3 rings (SSSR count). The van der Waals surface area contributed by atoms with Crippen molar-refractivity contribution in [3.8, 4) is 11.5 Å². The first-order valence-corrected chi connectivity index (χ1v) is 9.04. The second-order valence-electron chi connectivity index (χ2n) is 6.54. The minimum Gasteiger partial charge on any atom is -0.495 e. The van der Waals surface area contributed by atoms with Crippen molar-refractivity contribution >= 4 is 23.2 Å². The Bertz CT molecular complexity index is 817. The molecule has 0 aromatic heterocycles. The minimum atomic E-state index is -0.267. The lowest BCUT2D eigenvalue weighted by Gasteiger charge is -2.28. The van der Waals surface area contributed by atoms with E-state index in [0.29, 0.717) is 35.8 Å². The van der Waals surface area contributed by atoms with Gasteiger partial charge in [-0.1, -0.05) is 17.7 Å². The number of ether oxygens (including phenoxy) is 2. The maximum Gasteiger partial charge on any atom is 0.262 e. The van der Waals surface area contributed by atoms with Crippen molar-refractivity contribution in [2.75, 3.05) is 30.5 Å². The Kier molecular flexibility index (Phi) is 5.96. The average Bonchev–Trinajstić information content (AvgIpc) is 2.68. The highest BCUT2D eigenvalue weighted by Crippen LogP contribution is 2.33. The number of nitrogens with one attached hydrogen (secondary N) is 1. The number of rotatable bonds is 6. The highest BCUT2D eigenvalue weighted by Gasteiger charge is 2.23. The van der Waals surface area contributed by atoms with Crippen molar-refractivity contribution in [2.45, 2.75) is 26.2 Å². The van der Waals surface area contributed by atoms with Crippen LogP contribution in [0.2, 0.25) is 0 Å². The SMILES string of the molecule is COc1ccc(NC(=O)COc2ccc(C)cc2)cc1N1CCCCC1=O.